The van der Waals surface area contributed by atoms with Crippen molar-refractivity contribution in [2.75, 3.05) is 19.7 Å². The monoisotopic (exact) mass is 475 g/mol. The highest BCUT2D eigenvalue weighted by atomic mass is 127. The number of nitrogens with one attached hydrogen (secondary N) is 2. The number of para-hydroxylation sites is 1. The van der Waals surface area contributed by atoms with Crippen molar-refractivity contribution in [3.8, 4) is 5.75 Å². The zero-order valence-electron chi connectivity index (χ0n) is 16.7. The van der Waals surface area contributed by atoms with Crippen LogP contribution in [0, 0.1) is 0 Å². The van der Waals surface area contributed by atoms with Crippen LogP contribution in [-0.2, 0) is 11.3 Å². The van der Waals surface area contributed by atoms with E-state index in [0.717, 1.165) is 49.8 Å². The molecule has 148 valence electrons. The molecule has 1 aliphatic rings. The van der Waals surface area contributed by atoms with E-state index < -0.39 is 0 Å². The molecule has 2 N–H and O–H groups in total. The molecule has 1 aromatic carbocycles. The van der Waals surface area contributed by atoms with Gasteiger partial charge >= 0.3 is 0 Å². The Morgan fingerprint density at radius 3 is 2.62 bits per heavy atom. The Hall–Kier alpha value is -1.02. The Balaban J connectivity index is 0.00000338. The molecule has 26 heavy (non-hydrogen) atoms. The molecule has 1 heterocycles. The van der Waals surface area contributed by atoms with Crippen LogP contribution in [0.15, 0.2) is 29.3 Å². The second-order valence-electron chi connectivity index (χ2n) is 7.77. The molecule has 0 saturated carbocycles. The van der Waals surface area contributed by atoms with E-state index in [-0.39, 0.29) is 35.2 Å². The van der Waals surface area contributed by atoms with Gasteiger partial charge in [0.2, 0.25) is 0 Å². The van der Waals surface area contributed by atoms with Crippen molar-refractivity contribution in [2.45, 2.75) is 65.2 Å². The molecule has 1 aliphatic heterocycles. The fourth-order valence-corrected chi connectivity index (χ4v) is 2.82. The summed E-state index contributed by atoms with van der Waals surface area (Å²) in [5, 5.41) is 6.72. The van der Waals surface area contributed by atoms with Crippen molar-refractivity contribution in [3.63, 3.8) is 0 Å². The van der Waals surface area contributed by atoms with Crippen LogP contribution < -0.4 is 15.4 Å². The summed E-state index contributed by atoms with van der Waals surface area (Å²) in [4.78, 5) is 4.73. The molecule has 0 spiro atoms. The molecule has 0 radical (unpaired) electrons. The van der Waals surface area contributed by atoms with Crippen molar-refractivity contribution < 1.29 is 9.47 Å². The zero-order chi connectivity index (χ0) is 18.3. The molecule has 1 atom stereocenters. The van der Waals surface area contributed by atoms with Crippen molar-refractivity contribution in [3.05, 3.63) is 29.8 Å². The number of nitrogens with zero attached hydrogens (tertiary/aromatic N) is 1. The summed E-state index contributed by atoms with van der Waals surface area (Å²) in [6.07, 6.45) is 2.21. The van der Waals surface area contributed by atoms with Gasteiger partial charge in [-0.2, -0.15) is 0 Å². The van der Waals surface area contributed by atoms with E-state index in [2.05, 4.69) is 51.3 Å². The maximum atomic E-state index is 6.05. The first-order valence-electron chi connectivity index (χ1n) is 9.24. The average Bonchev–Trinajstić information content (AvgIpc) is 2.97. The molecule has 0 bridgehead atoms. The number of benzene rings is 1. The first kappa shape index (κ1) is 23.0. The highest BCUT2D eigenvalue weighted by Crippen LogP contribution is 2.25. The van der Waals surface area contributed by atoms with Gasteiger partial charge in [0.25, 0.3) is 0 Å². The molecule has 5 nitrogen and oxygen atoms in total. The molecule has 1 fully saturated rings. The van der Waals surface area contributed by atoms with Gasteiger partial charge < -0.3 is 20.1 Å². The second-order valence-corrected chi connectivity index (χ2v) is 7.77. The molecule has 0 aromatic heterocycles. The van der Waals surface area contributed by atoms with Gasteiger partial charge in [-0.25, -0.2) is 4.99 Å². The number of hydrogen-bond donors (Lipinski definition) is 2. The third-order valence-electron chi connectivity index (χ3n) is 4.07. The van der Waals surface area contributed by atoms with Gasteiger partial charge in [-0.1, -0.05) is 18.2 Å². The summed E-state index contributed by atoms with van der Waals surface area (Å²) < 4.78 is 11.9. The molecule has 0 aliphatic carbocycles. The summed E-state index contributed by atoms with van der Waals surface area (Å²) in [5.74, 6) is 1.70. The topological polar surface area (TPSA) is 54.9 Å². The first-order chi connectivity index (χ1) is 11.8. The van der Waals surface area contributed by atoms with Crippen LogP contribution in [0.25, 0.3) is 0 Å². The van der Waals surface area contributed by atoms with Crippen LogP contribution >= 0.6 is 24.0 Å². The SMILES string of the molecule is CCNC(=NCc1ccccc1OC(C)(C)C)NCC1(C)CCCO1.I. The second kappa shape index (κ2) is 10.3. The van der Waals surface area contributed by atoms with E-state index in [1.807, 2.05) is 18.2 Å². The summed E-state index contributed by atoms with van der Waals surface area (Å²) in [6.45, 7) is 13.4. The fourth-order valence-electron chi connectivity index (χ4n) is 2.82. The third kappa shape index (κ3) is 7.70. The smallest absolute Gasteiger partial charge is 0.191 e. The maximum absolute atomic E-state index is 6.05. The summed E-state index contributed by atoms with van der Waals surface area (Å²) in [6, 6.07) is 8.09. The predicted molar refractivity (Wildman–Crippen MR) is 119 cm³/mol. The Kier molecular flexibility index (Phi) is 9.16. The number of aliphatic imine (C=N–C) groups is 1. The van der Waals surface area contributed by atoms with Gasteiger partial charge in [0.1, 0.15) is 11.4 Å². The highest BCUT2D eigenvalue weighted by Gasteiger charge is 2.29. The van der Waals surface area contributed by atoms with Gasteiger partial charge in [-0.3, -0.25) is 0 Å². The zero-order valence-corrected chi connectivity index (χ0v) is 19.1. The van der Waals surface area contributed by atoms with Crippen LogP contribution in [0.4, 0.5) is 0 Å². The minimum Gasteiger partial charge on any atom is -0.488 e. The van der Waals surface area contributed by atoms with Crippen LogP contribution in [0.1, 0.15) is 53.0 Å². The summed E-state index contributed by atoms with van der Waals surface area (Å²) >= 11 is 0. The molecule has 0 amide bonds. The Morgan fingerprint density at radius 2 is 2.00 bits per heavy atom. The Bertz CT molecular complexity index is 579. The highest BCUT2D eigenvalue weighted by molar-refractivity contribution is 14.0. The van der Waals surface area contributed by atoms with Gasteiger partial charge in [-0.15, -0.1) is 24.0 Å². The van der Waals surface area contributed by atoms with Crippen LogP contribution in [0.2, 0.25) is 0 Å². The van der Waals surface area contributed by atoms with E-state index in [1.165, 1.54) is 0 Å². The quantitative estimate of drug-likeness (QED) is 0.370. The summed E-state index contributed by atoms with van der Waals surface area (Å²) in [7, 11) is 0. The van der Waals surface area contributed by atoms with Gasteiger partial charge in [0, 0.05) is 25.3 Å². The van der Waals surface area contributed by atoms with Gasteiger partial charge in [0.15, 0.2) is 5.96 Å². The number of guanidine groups is 1. The lowest BCUT2D eigenvalue weighted by molar-refractivity contribution is 0.0242. The van der Waals surface area contributed by atoms with Gasteiger partial charge in [-0.05, 0) is 53.5 Å². The van der Waals surface area contributed by atoms with E-state index in [9.17, 15) is 0 Å². The molecule has 6 heteroatoms. The Morgan fingerprint density at radius 1 is 1.27 bits per heavy atom. The van der Waals surface area contributed by atoms with E-state index in [4.69, 9.17) is 14.5 Å². The largest absolute Gasteiger partial charge is 0.488 e. The van der Waals surface area contributed by atoms with Crippen LogP contribution in [0.3, 0.4) is 0 Å². The minimum absolute atomic E-state index is 0. The van der Waals surface area contributed by atoms with Crippen molar-refractivity contribution in [1.82, 2.24) is 10.6 Å². The lowest BCUT2D eigenvalue weighted by Gasteiger charge is -2.25. The average molecular weight is 475 g/mol. The Labute approximate surface area is 175 Å². The van der Waals surface area contributed by atoms with E-state index in [0.29, 0.717) is 6.54 Å². The standard InChI is InChI=1S/C20H33N3O2.HI/c1-6-21-18(23-15-20(5)12-9-13-24-20)22-14-16-10-7-8-11-17(16)25-19(2,3)4;/h7-8,10-11H,6,9,12-15H2,1-5H3,(H2,21,22,23);1H. The number of rotatable bonds is 6. The van der Waals surface area contributed by atoms with Crippen molar-refractivity contribution in [2.24, 2.45) is 4.99 Å². The maximum Gasteiger partial charge on any atom is 0.191 e. The fraction of sp³-hybridized carbons (Fsp3) is 0.650. The normalized spacial score (nSPS) is 20.4. The molecule has 1 saturated heterocycles. The molecular weight excluding hydrogens is 441 g/mol. The third-order valence-corrected chi connectivity index (χ3v) is 4.07. The van der Waals surface area contributed by atoms with Gasteiger partial charge in [0.05, 0.1) is 12.1 Å². The van der Waals surface area contributed by atoms with Crippen molar-refractivity contribution in [1.29, 1.82) is 0 Å². The number of hydrogen-bond acceptors (Lipinski definition) is 3. The molecule has 2 rings (SSSR count). The first-order valence-corrected chi connectivity index (χ1v) is 9.24. The summed E-state index contributed by atoms with van der Waals surface area (Å²) in [5.41, 5.74) is 0.762. The minimum atomic E-state index is -0.225. The predicted octanol–water partition coefficient (Wildman–Crippen LogP) is 4.11. The molecule has 1 aromatic rings. The molecule has 1 unspecified atom stereocenters. The lowest BCUT2D eigenvalue weighted by atomic mass is 10.0. The lowest BCUT2D eigenvalue weighted by Crippen LogP contribution is -2.45. The van der Waals surface area contributed by atoms with E-state index >= 15 is 0 Å². The number of halogens is 1. The molecular formula is C20H34IN3O2. The van der Waals surface area contributed by atoms with Crippen LogP contribution in [0.5, 0.6) is 5.75 Å². The van der Waals surface area contributed by atoms with Crippen LogP contribution in [-0.4, -0.2) is 36.9 Å². The van der Waals surface area contributed by atoms with E-state index in [1.54, 1.807) is 0 Å². The number of ether oxygens (including phenoxy) is 2. The van der Waals surface area contributed by atoms with Crippen molar-refractivity contribution >= 4 is 29.9 Å².